The van der Waals surface area contributed by atoms with Crippen LogP contribution in [-0.2, 0) is 5.54 Å². The van der Waals surface area contributed by atoms with Crippen LogP contribution in [0, 0.1) is 5.82 Å². The Kier molecular flexibility index (Phi) is 1.73. The standard InChI is InChI=1S/C9H9BrFN/c10-7-5-6(1-2-8(7)11)9(12)3-4-9/h1-2,5H,3-4,12H2. The number of benzene rings is 1. The molecule has 1 aromatic carbocycles. The summed E-state index contributed by atoms with van der Waals surface area (Å²) in [6.45, 7) is 0. The summed E-state index contributed by atoms with van der Waals surface area (Å²) in [5, 5.41) is 0. The third-order valence-electron chi connectivity index (χ3n) is 2.28. The lowest BCUT2D eigenvalue weighted by atomic mass is 10.1. The van der Waals surface area contributed by atoms with Crippen molar-refractivity contribution in [2.75, 3.05) is 0 Å². The van der Waals surface area contributed by atoms with E-state index in [-0.39, 0.29) is 11.4 Å². The number of rotatable bonds is 1. The van der Waals surface area contributed by atoms with Gasteiger partial charge in [-0.05, 0) is 46.5 Å². The minimum Gasteiger partial charge on any atom is -0.321 e. The molecular weight excluding hydrogens is 221 g/mol. The number of nitrogens with two attached hydrogens (primary N) is 1. The Morgan fingerprint density at radius 2 is 2.08 bits per heavy atom. The van der Waals surface area contributed by atoms with E-state index in [4.69, 9.17) is 5.73 Å². The van der Waals surface area contributed by atoms with Crippen LogP contribution in [-0.4, -0.2) is 0 Å². The van der Waals surface area contributed by atoms with Gasteiger partial charge in [0.2, 0.25) is 0 Å². The number of hydrogen-bond donors (Lipinski definition) is 1. The van der Waals surface area contributed by atoms with Gasteiger partial charge in [0.05, 0.1) is 4.47 Å². The van der Waals surface area contributed by atoms with Gasteiger partial charge in [-0.3, -0.25) is 0 Å². The van der Waals surface area contributed by atoms with Gasteiger partial charge < -0.3 is 5.73 Å². The molecule has 1 aliphatic carbocycles. The van der Waals surface area contributed by atoms with Crippen molar-refractivity contribution in [2.45, 2.75) is 18.4 Å². The van der Waals surface area contributed by atoms with Gasteiger partial charge in [0.15, 0.2) is 0 Å². The Labute approximate surface area is 78.9 Å². The average Bonchev–Trinajstić information content (AvgIpc) is 2.75. The molecule has 64 valence electrons. The summed E-state index contributed by atoms with van der Waals surface area (Å²) in [4.78, 5) is 0. The maximum absolute atomic E-state index is 12.8. The fraction of sp³-hybridized carbons (Fsp3) is 0.333. The molecular formula is C9H9BrFN. The second kappa shape index (κ2) is 2.54. The molecule has 2 N–H and O–H groups in total. The Bertz CT molecular complexity index is 320. The van der Waals surface area contributed by atoms with Crippen molar-refractivity contribution in [1.29, 1.82) is 0 Å². The van der Waals surface area contributed by atoms with Gasteiger partial charge in [-0.15, -0.1) is 0 Å². The first-order valence-electron chi connectivity index (χ1n) is 3.86. The third kappa shape index (κ3) is 1.27. The Morgan fingerprint density at radius 3 is 2.58 bits per heavy atom. The molecule has 0 unspecified atom stereocenters. The van der Waals surface area contributed by atoms with Crippen LogP contribution in [0.1, 0.15) is 18.4 Å². The predicted molar refractivity (Wildman–Crippen MR) is 49.2 cm³/mol. The summed E-state index contributed by atoms with van der Waals surface area (Å²) in [5.41, 5.74) is 6.80. The van der Waals surface area contributed by atoms with Crippen LogP contribution in [0.4, 0.5) is 4.39 Å². The average molecular weight is 230 g/mol. The lowest BCUT2D eigenvalue weighted by molar-refractivity contribution is 0.617. The first-order valence-corrected chi connectivity index (χ1v) is 4.65. The van der Waals surface area contributed by atoms with E-state index in [0.717, 1.165) is 18.4 Å². The molecule has 0 aliphatic heterocycles. The normalized spacial score (nSPS) is 19.2. The molecule has 1 fully saturated rings. The van der Waals surface area contributed by atoms with Gasteiger partial charge >= 0.3 is 0 Å². The third-order valence-corrected chi connectivity index (χ3v) is 2.89. The van der Waals surface area contributed by atoms with E-state index < -0.39 is 0 Å². The fourth-order valence-corrected chi connectivity index (χ4v) is 1.61. The molecule has 3 heteroatoms. The van der Waals surface area contributed by atoms with Crippen molar-refractivity contribution >= 4 is 15.9 Å². The molecule has 0 amide bonds. The first-order chi connectivity index (χ1) is 5.62. The van der Waals surface area contributed by atoms with Gasteiger partial charge in [-0.2, -0.15) is 0 Å². The number of halogens is 2. The van der Waals surface area contributed by atoms with Crippen LogP contribution in [0.15, 0.2) is 22.7 Å². The zero-order chi connectivity index (χ0) is 8.77. The van der Waals surface area contributed by atoms with Gasteiger partial charge in [-0.25, -0.2) is 4.39 Å². The summed E-state index contributed by atoms with van der Waals surface area (Å²) < 4.78 is 13.3. The molecule has 0 heterocycles. The van der Waals surface area contributed by atoms with Crippen LogP contribution >= 0.6 is 15.9 Å². The van der Waals surface area contributed by atoms with Crippen LogP contribution < -0.4 is 5.73 Å². The molecule has 1 nitrogen and oxygen atoms in total. The van der Waals surface area contributed by atoms with E-state index in [2.05, 4.69) is 15.9 Å². The smallest absolute Gasteiger partial charge is 0.137 e. The Balaban J connectivity index is 2.41. The molecule has 1 aromatic rings. The van der Waals surface area contributed by atoms with Gasteiger partial charge in [-0.1, -0.05) is 6.07 Å². The van der Waals surface area contributed by atoms with Crippen molar-refractivity contribution in [3.05, 3.63) is 34.1 Å². The van der Waals surface area contributed by atoms with E-state index >= 15 is 0 Å². The number of hydrogen-bond acceptors (Lipinski definition) is 1. The lowest BCUT2D eigenvalue weighted by Crippen LogP contribution is -2.18. The van der Waals surface area contributed by atoms with Crippen molar-refractivity contribution < 1.29 is 4.39 Å². The topological polar surface area (TPSA) is 26.0 Å². The summed E-state index contributed by atoms with van der Waals surface area (Å²) >= 11 is 3.14. The first kappa shape index (κ1) is 8.20. The zero-order valence-electron chi connectivity index (χ0n) is 6.48. The molecule has 0 bridgehead atoms. The summed E-state index contributed by atoms with van der Waals surface area (Å²) in [6.07, 6.45) is 2.01. The van der Waals surface area contributed by atoms with Crippen molar-refractivity contribution in [3.63, 3.8) is 0 Å². The van der Waals surface area contributed by atoms with Gasteiger partial charge in [0.25, 0.3) is 0 Å². The summed E-state index contributed by atoms with van der Waals surface area (Å²) in [7, 11) is 0. The Hall–Kier alpha value is -0.410. The maximum atomic E-state index is 12.8. The highest BCUT2D eigenvalue weighted by atomic mass is 79.9. The quantitative estimate of drug-likeness (QED) is 0.788. The van der Waals surface area contributed by atoms with Crippen molar-refractivity contribution in [2.24, 2.45) is 5.73 Å². The maximum Gasteiger partial charge on any atom is 0.137 e. The largest absolute Gasteiger partial charge is 0.321 e. The molecule has 0 radical (unpaired) electrons. The molecule has 1 saturated carbocycles. The molecule has 0 spiro atoms. The SMILES string of the molecule is NC1(c2ccc(F)c(Br)c2)CC1. The summed E-state index contributed by atoms with van der Waals surface area (Å²) in [6, 6.07) is 4.97. The predicted octanol–water partition coefficient (Wildman–Crippen LogP) is 2.54. The van der Waals surface area contributed by atoms with E-state index in [1.165, 1.54) is 6.07 Å². The van der Waals surface area contributed by atoms with E-state index in [9.17, 15) is 4.39 Å². The summed E-state index contributed by atoms with van der Waals surface area (Å²) in [5.74, 6) is -0.233. The van der Waals surface area contributed by atoms with E-state index in [1.54, 1.807) is 12.1 Å². The van der Waals surface area contributed by atoms with E-state index in [0.29, 0.717) is 4.47 Å². The van der Waals surface area contributed by atoms with Gasteiger partial charge in [0.1, 0.15) is 5.82 Å². The molecule has 0 atom stereocenters. The Morgan fingerprint density at radius 1 is 1.42 bits per heavy atom. The van der Waals surface area contributed by atoms with Crippen molar-refractivity contribution in [3.8, 4) is 0 Å². The van der Waals surface area contributed by atoms with Crippen LogP contribution in [0.25, 0.3) is 0 Å². The van der Waals surface area contributed by atoms with Crippen LogP contribution in [0.2, 0.25) is 0 Å². The molecule has 1 aliphatic rings. The van der Waals surface area contributed by atoms with E-state index in [1.807, 2.05) is 0 Å². The molecule has 0 aromatic heterocycles. The second-order valence-corrected chi connectivity index (χ2v) is 4.14. The van der Waals surface area contributed by atoms with Crippen LogP contribution in [0.5, 0.6) is 0 Å². The zero-order valence-corrected chi connectivity index (χ0v) is 8.07. The molecule has 2 rings (SSSR count). The highest BCUT2D eigenvalue weighted by Crippen LogP contribution is 2.43. The van der Waals surface area contributed by atoms with Crippen molar-refractivity contribution in [1.82, 2.24) is 0 Å². The highest BCUT2D eigenvalue weighted by molar-refractivity contribution is 9.10. The van der Waals surface area contributed by atoms with Crippen LogP contribution in [0.3, 0.4) is 0 Å². The highest BCUT2D eigenvalue weighted by Gasteiger charge is 2.40. The minimum atomic E-state index is -0.233. The monoisotopic (exact) mass is 229 g/mol. The second-order valence-electron chi connectivity index (χ2n) is 3.29. The minimum absolute atomic E-state index is 0.170. The fourth-order valence-electron chi connectivity index (χ4n) is 1.23. The lowest BCUT2D eigenvalue weighted by Gasteiger charge is -2.08. The van der Waals surface area contributed by atoms with Gasteiger partial charge in [0, 0.05) is 5.54 Å². The molecule has 0 saturated heterocycles. The molecule has 12 heavy (non-hydrogen) atoms.